The summed E-state index contributed by atoms with van der Waals surface area (Å²) >= 11 is 0. The molecule has 2 N–H and O–H groups in total. The van der Waals surface area contributed by atoms with E-state index in [0.717, 1.165) is 42.1 Å². The first-order chi connectivity index (χ1) is 15.5. The number of amides is 2. The molecule has 0 unspecified atom stereocenters. The van der Waals surface area contributed by atoms with Crippen molar-refractivity contribution in [3.05, 3.63) is 59.7 Å². The number of hydrogen-bond donors (Lipinski definition) is 2. The van der Waals surface area contributed by atoms with E-state index in [0.29, 0.717) is 30.5 Å². The third kappa shape index (κ3) is 5.00. The lowest BCUT2D eigenvalue weighted by atomic mass is 10.1. The highest BCUT2D eigenvalue weighted by Gasteiger charge is 2.19. The first kappa shape index (κ1) is 21.6. The van der Waals surface area contributed by atoms with E-state index in [9.17, 15) is 9.18 Å². The van der Waals surface area contributed by atoms with Crippen LogP contribution in [0, 0.1) is 12.7 Å². The highest BCUT2D eigenvalue weighted by molar-refractivity contribution is 5.99. The van der Waals surface area contributed by atoms with Crippen LogP contribution in [-0.2, 0) is 11.2 Å². The van der Waals surface area contributed by atoms with Gasteiger partial charge in [0.2, 0.25) is 0 Å². The summed E-state index contributed by atoms with van der Waals surface area (Å²) in [6, 6.07) is 8.67. The van der Waals surface area contributed by atoms with Crippen LogP contribution >= 0.6 is 0 Å². The summed E-state index contributed by atoms with van der Waals surface area (Å²) in [4.78, 5) is 28.2. The Bertz CT molecular complexity index is 1100. The highest BCUT2D eigenvalue weighted by Crippen LogP contribution is 2.26. The number of carbonyl (C=O) groups is 1. The van der Waals surface area contributed by atoms with Gasteiger partial charge in [0.05, 0.1) is 13.2 Å². The van der Waals surface area contributed by atoms with Gasteiger partial charge in [-0.2, -0.15) is 0 Å². The Kier molecular flexibility index (Phi) is 6.55. The molecule has 0 aliphatic carbocycles. The molecule has 8 nitrogen and oxygen atoms in total. The molecule has 9 heteroatoms. The average molecular weight is 436 g/mol. The molecule has 2 aromatic heterocycles. The van der Waals surface area contributed by atoms with Gasteiger partial charge in [0.25, 0.3) is 0 Å². The number of pyridine rings is 1. The molecule has 1 saturated heterocycles. The number of halogens is 1. The molecule has 1 aliphatic heterocycles. The minimum absolute atomic E-state index is 0.356. The molecule has 0 saturated carbocycles. The van der Waals surface area contributed by atoms with Gasteiger partial charge >= 0.3 is 6.03 Å². The fourth-order valence-electron chi connectivity index (χ4n) is 3.55. The molecule has 1 fully saturated rings. The molecule has 0 radical (unpaired) electrons. The Balaban J connectivity index is 1.51. The summed E-state index contributed by atoms with van der Waals surface area (Å²) in [5.74, 6) is 1.45. The zero-order chi connectivity index (χ0) is 22.5. The number of rotatable bonds is 5. The predicted octanol–water partition coefficient (Wildman–Crippen LogP) is 4.03. The molecule has 166 valence electrons. The lowest BCUT2D eigenvalue weighted by Crippen LogP contribution is -2.37. The molecular formula is C23H25FN6O2. The fraction of sp³-hybridized carbons (Fsp3) is 0.304. The molecule has 3 heterocycles. The molecule has 3 aromatic rings. The molecule has 1 aromatic carbocycles. The van der Waals surface area contributed by atoms with Gasteiger partial charge in [0.15, 0.2) is 5.82 Å². The van der Waals surface area contributed by atoms with Crippen molar-refractivity contribution in [3.8, 4) is 11.4 Å². The zero-order valence-corrected chi connectivity index (χ0v) is 18.1. The van der Waals surface area contributed by atoms with E-state index in [1.165, 1.54) is 18.2 Å². The van der Waals surface area contributed by atoms with Crippen molar-refractivity contribution in [1.29, 1.82) is 0 Å². The van der Waals surface area contributed by atoms with Crippen molar-refractivity contribution in [2.45, 2.75) is 20.3 Å². The van der Waals surface area contributed by atoms with E-state index < -0.39 is 11.8 Å². The second kappa shape index (κ2) is 9.69. The van der Waals surface area contributed by atoms with Gasteiger partial charge < -0.3 is 15.0 Å². The Morgan fingerprint density at radius 3 is 2.66 bits per heavy atom. The Morgan fingerprint density at radius 2 is 1.97 bits per heavy atom. The largest absolute Gasteiger partial charge is 0.378 e. The number of urea groups is 1. The smallest absolute Gasteiger partial charge is 0.324 e. The third-order valence-corrected chi connectivity index (χ3v) is 5.21. The maximum Gasteiger partial charge on any atom is 0.324 e. The van der Waals surface area contributed by atoms with Crippen LogP contribution in [-0.4, -0.2) is 47.3 Å². The molecule has 32 heavy (non-hydrogen) atoms. The van der Waals surface area contributed by atoms with Crippen LogP contribution in [0.25, 0.3) is 11.4 Å². The van der Waals surface area contributed by atoms with E-state index in [1.807, 2.05) is 6.07 Å². The van der Waals surface area contributed by atoms with Crippen LogP contribution in [0.3, 0.4) is 0 Å². The molecule has 0 atom stereocenters. The number of nitrogens with one attached hydrogen (secondary N) is 2. The minimum Gasteiger partial charge on any atom is -0.378 e. The summed E-state index contributed by atoms with van der Waals surface area (Å²) in [5, 5.41) is 5.21. The number of nitrogens with zero attached hydrogens (tertiary/aromatic N) is 4. The molecule has 4 rings (SSSR count). The predicted molar refractivity (Wildman–Crippen MR) is 121 cm³/mol. The van der Waals surface area contributed by atoms with Gasteiger partial charge in [-0.05, 0) is 43.7 Å². The van der Waals surface area contributed by atoms with Crippen LogP contribution in [0.4, 0.5) is 26.5 Å². The average Bonchev–Trinajstić information content (AvgIpc) is 2.80. The van der Waals surface area contributed by atoms with Crippen LogP contribution in [0.15, 0.2) is 42.6 Å². The lowest BCUT2D eigenvalue weighted by Gasteiger charge is -2.29. The van der Waals surface area contributed by atoms with E-state index in [1.54, 1.807) is 18.3 Å². The molecule has 0 spiro atoms. The van der Waals surface area contributed by atoms with Crippen molar-refractivity contribution in [2.75, 3.05) is 41.8 Å². The number of ether oxygens (including phenoxy) is 1. The van der Waals surface area contributed by atoms with Crippen molar-refractivity contribution < 1.29 is 13.9 Å². The van der Waals surface area contributed by atoms with E-state index in [-0.39, 0.29) is 0 Å². The number of benzene rings is 1. The van der Waals surface area contributed by atoms with Crippen molar-refractivity contribution in [2.24, 2.45) is 0 Å². The summed E-state index contributed by atoms with van der Waals surface area (Å²) in [5.41, 5.74) is 3.19. The highest BCUT2D eigenvalue weighted by atomic mass is 19.1. The van der Waals surface area contributed by atoms with Gasteiger partial charge in [0, 0.05) is 41.8 Å². The second-order valence-electron chi connectivity index (χ2n) is 7.42. The Morgan fingerprint density at radius 1 is 1.16 bits per heavy atom. The summed E-state index contributed by atoms with van der Waals surface area (Å²) < 4.78 is 18.7. The van der Waals surface area contributed by atoms with Crippen LogP contribution in [0.2, 0.25) is 0 Å². The quantitative estimate of drug-likeness (QED) is 0.627. The summed E-state index contributed by atoms with van der Waals surface area (Å²) in [6.07, 6.45) is 2.43. The minimum atomic E-state index is -0.509. The maximum absolute atomic E-state index is 13.3. The SMILES string of the molecule is CCc1nc(-c2ccc(NC(=O)Nc3cccc(F)c3)nc2)nc(N2CCOCC2)c1C. The van der Waals surface area contributed by atoms with Gasteiger partial charge in [-0.3, -0.25) is 5.32 Å². The summed E-state index contributed by atoms with van der Waals surface area (Å²) in [6.45, 7) is 7.07. The maximum atomic E-state index is 13.3. The monoisotopic (exact) mass is 436 g/mol. The Hall–Kier alpha value is -3.59. The number of aromatic nitrogens is 3. The zero-order valence-electron chi connectivity index (χ0n) is 18.1. The second-order valence-corrected chi connectivity index (χ2v) is 7.42. The molecule has 1 aliphatic rings. The number of aryl methyl sites for hydroxylation is 1. The first-order valence-corrected chi connectivity index (χ1v) is 10.5. The third-order valence-electron chi connectivity index (χ3n) is 5.21. The van der Waals surface area contributed by atoms with Crippen molar-refractivity contribution in [3.63, 3.8) is 0 Å². The summed E-state index contributed by atoms with van der Waals surface area (Å²) in [7, 11) is 0. The lowest BCUT2D eigenvalue weighted by molar-refractivity contribution is 0.122. The number of anilines is 3. The number of carbonyl (C=O) groups excluding carboxylic acids is 1. The molecular weight excluding hydrogens is 411 g/mol. The first-order valence-electron chi connectivity index (χ1n) is 10.5. The number of hydrogen-bond acceptors (Lipinski definition) is 6. The van der Waals surface area contributed by atoms with Crippen molar-refractivity contribution >= 4 is 23.4 Å². The van der Waals surface area contributed by atoms with E-state index in [4.69, 9.17) is 14.7 Å². The van der Waals surface area contributed by atoms with Crippen LogP contribution in [0.5, 0.6) is 0 Å². The van der Waals surface area contributed by atoms with Crippen LogP contribution < -0.4 is 15.5 Å². The normalized spacial score (nSPS) is 13.7. The van der Waals surface area contributed by atoms with Gasteiger partial charge in [-0.1, -0.05) is 13.0 Å². The van der Waals surface area contributed by atoms with Crippen LogP contribution in [0.1, 0.15) is 18.2 Å². The van der Waals surface area contributed by atoms with Crippen molar-refractivity contribution in [1.82, 2.24) is 15.0 Å². The standard InChI is InChI=1S/C23H25FN6O2/c1-3-19-15(2)22(30-9-11-32-12-10-30)29-21(27-19)16-7-8-20(25-14-16)28-23(31)26-18-6-4-5-17(24)13-18/h4-8,13-14H,3,9-12H2,1-2H3,(H2,25,26,28,31). The van der Waals surface area contributed by atoms with E-state index in [2.05, 4.69) is 34.4 Å². The molecule has 0 bridgehead atoms. The molecule has 2 amide bonds. The topological polar surface area (TPSA) is 92.3 Å². The Labute approximate surface area is 185 Å². The fourth-order valence-corrected chi connectivity index (χ4v) is 3.55. The van der Waals surface area contributed by atoms with Gasteiger partial charge in [0.1, 0.15) is 17.5 Å². The van der Waals surface area contributed by atoms with Gasteiger partial charge in [-0.15, -0.1) is 0 Å². The number of morpholine rings is 1. The van der Waals surface area contributed by atoms with E-state index >= 15 is 0 Å². The van der Waals surface area contributed by atoms with Gasteiger partial charge in [-0.25, -0.2) is 24.1 Å².